The Morgan fingerprint density at radius 3 is 2.63 bits per heavy atom. The van der Waals surface area contributed by atoms with Gasteiger partial charge in [0, 0.05) is 42.9 Å². The Kier molecular flexibility index (Phi) is 8.45. The van der Waals surface area contributed by atoms with Crippen molar-refractivity contribution in [3.05, 3.63) is 17.0 Å². The number of guanidine groups is 1. The van der Waals surface area contributed by atoms with Gasteiger partial charge in [-0.05, 0) is 44.1 Å². The third kappa shape index (κ3) is 6.10. The van der Waals surface area contributed by atoms with Crippen molar-refractivity contribution in [3.63, 3.8) is 0 Å². The lowest BCUT2D eigenvalue weighted by atomic mass is 10.1. The first-order valence-corrected chi connectivity index (χ1v) is 12.8. The minimum absolute atomic E-state index is 0.291. The Morgan fingerprint density at radius 2 is 2.04 bits per heavy atom. The molecule has 1 saturated heterocycles. The van der Waals surface area contributed by atoms with Gasteiger partial charge >= 0.3 is 0 Å². The van der Waals surface area contributed by atoms with E-state index in [4.69, 9.17) is 0 Å². The summed E-state index contributed by atoms with van der Waals surface area (Å²) in [5, 5.41) is 6.75. The molecule has 1 aliphatic heterocycles. The smallest absolute Gasteiger partial charge is 0.252 e. The fourth-order valence-corrected chi connectivity index (χ4v) is 7.31. The van der Waals surface area contributed by atoms with E-state index in [0.717, 1.165) is 30.3 Å². The number of nitrogens with zero attached hydrogens (tertiary/aromatic N) is 2. The van der Waals surface area contributed by atoms with Crippen molar-refractivity contribution in [2.45, 2.75) is 49.0 Å². The van der Waals surface area contributed by atoms with Gasteiger partial charge in [0.25, 0.3) is 10.0 Å². The molecule has 0 saturated carbocycles. The molecule has 1 atom stereocenters. The van der Waals surface area contributed by atoms with Crippen LogP contribution in [0.4, 0.5) is 0 Å². The molecule has 2 rings (SSSR count). The van der Waals surface area contributed by atoms with Crippen molar-refractivity contribution in [3.8, 4) is 0 Å². The standard InChI is InChI=1S/C18H32N4O2S3/c1-5-22(6-2)27(23,24)16-9-8-15(26-16)10-12-20-17(19-4)21-14-18(3)11-7-13-25-18/h8-9H,5-7,10-14H2,1-4H3,(H2,19,20,21). The van der Waals surface area contributed by atoms with E-state index in [-0.39, 0.29) is 0 Å². The molecule has 27 heavy (non-hydrogen) atoms. The maximum atomic E-state index is 12.6. The molecule has 1 unspecified atom stereocenters. The highest BCUT2D eigenvalue weighted by Gasteiger charge is 2.29. The summed E-state index contributed by atoms with van der Waals surface area (Å²) < 4.78 is 27.3. The van der Waals surface area contributed by atoms with Crippen molar-refractivity contribution < 1.29 is 8.42 Å². The maximum Gasteiger partial charge on any atom is 0.252 e. The quantitative estimate of drug-likeness (QED) is 0.464. The minimum Gasteiger partial charge on any atom is -0.356 e. The molecule has 2 heterocycles. The van der Waals surface area contributed by atoms with E-state index in [2.05, 4.69) is 22.5 Å². The van der Waals surface area contributed by atoms with E-state index in [1.807, 2.05) is 31.7 Å². The largest absolute Gasteiger partial charge is 0.356 e. The Balaban J connectivity index is 1.83. The Hall–Kier alpha value is -0.770. The van der Waals surface area contributed by atoms with Crippen LogP contribution in [0.3, 0.4) is 0 Å². The molecule has 154 valence electrons. The van der Waals surface area contributed by atoms with Gasteiger partial charge in [-0.15, -0.1) is 11.3 Å². The Morgan fingerprint density at radius 1 is 1.30 bits per heavy atom. The fraction of sp³-hybridized carbons (Fsp3) is 0.722. The second kappa shape index (κ2) is 10.1. The number of hydrogen-bond acceptors (Lipinski definition) is 5. The van der Waals surface area contributed by atoms with Crippen LogP contribution in [-0.2, 0) is 16.4 Å². The molecule has 1 fully saturated rings. The third-order valence-corrected chi connectivity index (χ3v) is 9.95. The number of thiophene rings is 1. The summed E-state index contributed by atoms with van der Waals surface area (Å²) >= 11 is 3.38. The molecular formula is C18H32N4O2S3. The molecule has 2 N–H and O–H groups in total. The van der Waals surface area contributed by atoms with Crippen LogP contribution in [0.2, 0.25) is 0 Å². The first kappa shape index (κ1) is 22.5. The highest BCUT2D eigenvalue weighted by atomic mass is 32.2. The maximum absolute atomic E-state index is 12.6. The number of aliphatic imine (C=N–C) groups is 1. The zero-order chi connectivity index (χ0) is 19.9. The van der Waals surface area contributed by atoms with Gasteiger partial charge in [-0.1, -0.05) is 13.8 Å². The molecule has 0 aliphatic carbocycles. The predicted molar refractivity (Wildman–Crippen MR) is 118 cm³/mol. The van der Waals surface area contributed by atoms with Crippen molar-refractivity contribution in [1.29, 1.82) is 0 Å². The van der Waals surface area contributed by atoms with E-state index in [1.165, 1.54) is 34.2 Å². The highest BCUT2D eigenvalue weighted by molar-refractivity contribution is 8.00. The lowest BCUT2D eigenvalue weighted by Gasteiger charge is -2.24. The normalized spacial score (nSPS) is 21.0. The average molecular weight is 433 g/mol. The second-order valence-electron chi connectivity index (χ2n) is 6.81. The van der Waals surface area contributed by atoms with Gasteiger partial charge in [0.1, 0.15) is 4.21 Å². The van der Waals surface area contributed by atoms with Crippen LogP contribution in [0, 0.1) is 0 Å². The van der Waals surface area contributed by atoms with Crippen molar-refractivity contribution in [2.75, 3.05) is 39.0 Å². The average Bonchev–Trinajstić information content (AvgIpc) is 3.29. The van der Waals surface area contributed by atoms with Crippen molar-refractivity contribution in [1.82, 2.24) is 14.9 Å². The SMILES string of the molecule is CCN(CC)S(=O)(=O)c1ccc(CCNC(=NC)NCC2(C)CCCS2)s1. The topological polar surface area (TPSA) is 73.8 Å². The molecule has 0 aromatic carbocycles. The van der Waals surface area contributed by atoms with Crippen LogP contribution in [-0.4, -0.2) is 62.4 Å². The molecule has 0 amide bonds. The van der Waals surface area contributed by atoms with Gasteiger partial charge < -0.3 is 10.6 Å². The first-order valence-electron chi connectivity index (χ1n) is 9.52. The van der Waals surface area contributed by atoms with Gasteiger partial charge in [-0.25, -0.2) is 8.42 Å². The van der Waals surface area contributed by atoms with Gasteiger partial charge in [0.05, 0.1) is 0 Å². The van der Waals surface area contributed by atoms with Crippen molar-refractivity contribution in [2.24, 2.45) is 4.99 Å². The van der Waals surface area contributed by atoms with Crippen LogP contribution < -0.4 is 10.6 Å². The van der Waals surface area contributed by atoms with Gasteiger partial charge in [-0.2, -0.15) is 16.1 Å². The predicted octanol–water partition coefficient (Wildman–Crippen LogP) is 2.77. The number of thioether (sulfide) groups is 1. The van der Waals surface area contributed by atoms with Gasteiger partial charge in [-0.3, -0.25) is 4.99 Å². The van der Waals surface area contributed by atoms with Crippen LogP contribution in [0.15, 0.2) is 21.3 Å². The van der Waals surface area contributed by atoms with Crippen LogP contribution >= 0.6 is 23.1 Å². The van der Waals surface area contributed by atoms with E-state index in [1.54, 1.807) is 13.1 Å². The van der Waals surface area contributed by atoms with Gasteiger partial charge in [0.15, 0.2) is 5.96 Å². The first-order chi connectivity index (χ1) is 12.8. The second-order valence-corrected chi connectivity index (χ2v) is 11.8. The van der Waals surface area contributed by atoms with E-state index in [9.17, 15) is 8.42 Å². The summed E-state index contributed by atoms with van der Waals surface area (Å²) in [5.41, 5.74) is 0. The Bertz CT molecular complexity index is 721. The van der Waals surface area contributed by atoms with Crippen LogP contribution in [0.25, 0.3) is 0 Å². The molecule has 1 aromatic rings. The minimum atomic E-state index is -3.36. The monoisotopic (exact) mass is 432 g/mol. The van der Waals surface area contributed by atoms with E-state index >= 15 is 0 Å². The Labute approximate surface area is 172 Å². The zero-order valence-corrected chi connectivity index (χ0v) is 19.2. The number of hydrogen-bond donors (Lipinski definition) is 2. The summed E-state index contributed by atoms with van der Waals surface area (Å²) in [4.78, 5) is 5.34. The molecule has 0 radical (unpaired) electrons. The number of nitrogens with one attached hydrogen (secondary N) is 2. The summed E-state index contributed by atoms with van der Waals surface area (Å²) in [6.45, 7) is 8.64. The molecular weight excluding hydrogens is 400 g/mol. The highest BCUT2D eigenvalue weighted by Crippen LogP contribution is 2.36. The summed E-state index contributed by atoms with van der Waals surface area (Å²) in [5.74, 6) is 2.04. The summed E-state index contributed by atoms with van der Waals surface area (Å²) in [6.07, 6.45) is 3.29. The van der Waals surface area contributed by atoms with Crippen molar-refractivity contribution >= 4 is 39.1 Å². The number of sulfonamides is 1. The van der Waals surface area contributed by atoms with Crippen LogP contribution in [0.5, 0.6) is 0 Å². The third-order valence-electron chi connectivity index (χ3n) is 4.75. The molecule has 0 spiro atoms. The molecule has 0 bridgehead atoms. The zero-order valence-electron chi connectivity index (χ0n) is 16.7. The number of rotatable bonds is 9. The fourth-order valence-electron chi connectivity index (χ4n) is 3.09. The van der Waals surface area contributed by atoms with Gasteiger partial charge in [0.2, 0.25) is 0 Å². The molecule has 9 heteroatoms. The lowest BCUT2D eigenvalue weighted by Crippen LogP contribution is -2.44. The van der Waals surface area contributed by atoms with E-state index < -0.39 is 10.0 Å². The molecule has 1 aromatic heterocycles. The molecule has 6 nitrogen and oxygen atoms in total. The summed E-state index contributed by atoms with van der Waals surface area (Å²) in [6, 6.07) is 3.63. The van der Waals surface area contributed by atoms with Crippen LogP contribution in [0.1, 0.15) is 38.5 Å². The molecule has 1 aliphatic rings. The van der Waals surface area contributed by atoms with E-state index in [0.29, 0.717) is 22.0 Å². The summed E-state index contributed by atoms with van der Waals surface area (Å²) in [7, 11) is -1.58. The lowest BCUT2D eigenvalue weighted by molar-refractivity contribution is 0.447.